The lowest BCUT2D eigenvalue weighted by molar-refractivity contribution is 0.310. The lowest BCUT2D eigenvalue weighted by atomic mass is 10.1. The molecule has 0 saturated heterocycles. The maximum atomic E-state index is 13.7. The number of hydrogen-bond donors (Lipinski definition) is 8. The molecule has 0 radical (unpaired) electrons. The van der Waals surface area contributed by atoms with Gasteiger partial charge in [-0.1, -0.05) is 24.3 Å². The average molecular weight is 1020 g/mol. The van der Waals surface area contributed by atoms with Gasteiger partial charge in [-0.05, 0) is 111 Å². The average Bonchev–Trinajstić information content (AvgIpc) is 3.34. The number of anilines is 4. The summed E-state index contributed by atoms with van der Waals surface area (Å²) < 4.78 is 91.4. The lowest BCUT2D eigenvalue weighted by Crippen LogP contribution is -2.13. The van der Waals surface area contributed by atoms with Gasteiger partial charge in [-0.15, -0.1) is 10.2 Å². The molecule has 2 aromatic heterocycles. The Kier molecular flexibility index (Phi) is 17.2. The van der Waals surface area contributed by atoms with E-state index in [9.17, 15) is 55.1 Å². The minimum Gasteiger partial charge on any atom is -0.395 e. The van der Waals surface area contributed by atoms with Crippen LogP contribution in [0.15, 0.2) is 137 Å². The predicted octanol–water partition coefficient (Wildman–Crippen LogP) is 7.11. The molecule has 0 aliphatic carbocycles. The lowest BCUT2D eigenvalue weighted by Gasteiger charge is -2.15. The summed E-state index contributed by atoms with van der Waals surface area (Å²) in [5.41, 5.74) is 3.66. The molecule has 0 aliphatic heterocycles. The van der Waals surface area contributed by atoms with E-state index in [0.29, 0.717) is 37.1 Å². The number of rotatable bonds is 22. The minimum absolute atomic E-state index is 0.0420. The van der Waals surface area contributed by atoms with Crippen LogP contribution in [0.25, 0.3) is 0 Å². The van der Waals surface area contributed by atoms with Crippen molar-refractivity contribution < 1.29 is 44.6 Å². The van der Waals surface area contributed by atoms with Crippen molar-refractivity contribution >= 4 is 76.1 Å². The fraction of sp³-hybridized carbons (Fsp3) is 0.217. The molecule has 6 rings (SSSR count). The Morgan fingerprint density at radius 3 is 1.11 bits per heavy atom. The van der Waals surface area contributed by atoms with E-state index >= 15 is 0 Å². The molecule has 4 aromatic carbocycles. The third kappa shape index (κ3) is 13.3. The molecule has 0 fully saturated rings. The smallest absolute Gasteiger partial charge is 0.294 e. The van der Waals surface area contributed by atoms with Crippen molar-refractivity contribution in [2.24, 2.45) is 20.5 Å². The first-order valence-electron chi connectivity index (χ1n) is 21.4. The van der Waals surface area contributed by atoms with Crippen LogP contribution in [-0.2, 0) is 42.9 Å². The summed E-state index contributed by atoms with van der Waals surface area (Å²) in [6, 6.07) is 26.9. The zero-order valence-electron chi connectivity index (χ0n) is 37.9. The summed E-state index contributed by atoms with van der Waals surface area (Å²) in [5.74, 6) is 0.887. The van der Waals surface area contributed by atoms with E-state index in [-0.39, 0.29) is 103 Å². The maximum Gasteiger partial charge on any atom is 0.294 e. The van der Waals surface area contributed by atoms with Crippen molar-refractivity contribution in [3.63, 3.8) is 0 Å². The number of nitrogens with one attached hydrogen (secondary N) is 4. The predicted molar refractivity (Wildman–Crippen MR) is 262 cm³/mol. The van der Waals surface area contributed by atoms with Crippen molar-refractivity contribution in [3.8, 4) is 12.1 Å². The molecule has 0 aliphatic rings. The Morgan fingerprint density at radius 2 is 0.803 bits per heavy atom. The second-order valence-electron chi connectivity index (χ2n) is 15.3. The third-order valence-corrected chi connectivity index (χ3v) is 14.1. The summed E-state index contributed by atoms with van der Waals surface area (Å²) >= 11 is 0. The molecule has 368 valence electrons. The quantitative estimate of drug-likeness (QED) is 0.0248. The standard InChI is InChI=1S/C46H46N12O10S3/c1-29-39(27-47)43(49-21-19-31-3-11-37(12-4-31)70(63,64)65)53-45(51-23-25-59)41(29)57-55-33-7-15-35(16-8-33)69(61,62)36-17-9-34(10-18-36)56-58-42-30(2)40(28-48)44(54-46(42)52-24-26-60)50-22-20-32-5-13-38(14-6-32)71(66,67)68/h3-18,59-60H,19-26H2,1-2H3,(H2,49,51,53)(H2,50,52,54)(H,63,64,65)(H,66,67,68)/b57-55+,58-56+. The zero-order valence-corrected chi connectivity index (χ0v) is 40.4. The molecule has 6 aromatic rings. The number of hydrogen-bond acceptors (Lipinski definition) is 20. The molecule has 71 heavy (non-hydrogen) atoms. The Morgan fingerprint density at radius 1 is 0.479 bits per heavy atom. The van der Waals surface area contributed by atoms with E-state index < -0.39 is 30.1 Å². The van der Waals surface area contributed by atoms with Crippen LogP contribution in [0.1, 0.15) is 33.4 Å². The summed E-state index contributed by atoms with van der Waals surface area (Å²) in [6.45, 7) is 3.62. The maximum absolute atomic E-state index is 13.7. The number of benzene rings is 4. The van der Waals surface area contributed by atoms with Crippen molar-refractivity contribution in [1.29, 1.82) is 10.5 Å². The van der Waals surface area contributed by atoms with E-state index in [0.717, 1.165) is 11.1 Å². The van der Waals surface area contributed by atoms with E-state index in [2.05, 4.69) is 63.8 Å². The molecule has 0 amide bonds. The number of aliphatic hydroxyl groups is 2. The highest BCUT2D eigenvalue weighted by Crippen LogP contribution is 2.37. The highest BCUT2D eigenvalue weighted by Gasteiger charge is 2.21. The first-order chi connectivity index (χ1) is 33.9. The van der Waals surface area contributed by atoms with E-state index in [1.165, 1.54) is 72.8 Å². The molecule has 2 heterocycles. The van der Waals surface area contributed by atoms with Gasteiger partial charge in [-0.25, -0.2) is 18.4 Å². The molecule has 0 atom stereocenters. The summed E-state index contributed by atoms with van der Waals surface area (Å²) in [5, 5.41) is 68.6. The monoisotopic (exact) mass is 1020 g/mol. The highest BCUT2D eigenvalue weighted by atomic mass is 32.2. The van der Waals surface area contributed by atoms with Gasteiger partial charge in [-0.3, -0.25) is 9.11 Å². The minimum atomic E-state index is -4.33. The second-order valence-corrected chi connectivity index (χ2v) is 20.1. The zero-order chi connectivity index (χ0) is 51.3. The van der Waals surface area contributed by atoms with Crippen LogP contribution in [0.3, 0.4) is 0 Å². The van der Waals surface area contributed by atoms with E-state index in [1.807, 2.05) is 0 Å². The van der Waals surface area contributed by atoms with Gasteiger partial charge in [0.1, 0.15) is 35.1 Å². The Bertz CT molecular complexity index is 3160. The largest absolute Gasteiger partial charge is 0.395 e. The van der Waals surface area contributed by atoms with Gasteiger partial charge in [0.05, 0.1) is 55.3 Å². The molecule has 25 heteroatoms. The van der Waals surface area contributed by atoms with Gasteiger partial charge in [0.25, 0.3) is 20.2 Å². The van der Waals surface area contributed by atoms with Gasteiger partial charge in [0.2, 0.25) is 9.84 Å². The third-order valence-electron chi connectivity index (χ3n) is 10.5. The molecule has 0 saturated carbocycles. The number of aromatic nitrogens is 2. The molecule has 0 bridgehead atoms. The highest BCUT2D eigenvalue weighted by molar-refractivity contribution is 7.91. The van der Waals surface area contributed by atoms with Gasteiger partial charge in [-0.2, -0.15) is 37.6 Å². The number of nitrogens with zero attached hydrogens (tertiary/aromatic N) is 8. The molecular formula is C46H46N12O10S3. The molecular weight excluding hydrogens is 977 g/mol. The van der Waals surface area contributed by atoms with Crippen LogP contribution in [0, 0.1) is 36.5 Å². The number of nitriles is 2. The van der Waals surface area contributed by atoms with Crippen molar-refractivity contribution in [3.05, 3.63) is 130 Å². The van der Waals surface area contributed by atoms with Crippen LogP contribution in [-0.4, -0.2) is 93.9 Å². The van der Waals surface area contributed by atoms with Crippen LogP contribution in [0.5, 0.6) is 0 Å². The summed E-state index contributed by atoms with van der Waals surface area (Å²) in [7, 11) is -12.7. The Balaban J connectivity index is 1.14. The van der Waals surface area contributed by atoms with Gasteiger partial charge in [0, 0.05) is 37.3 Å². The number of azo groups is 2. The molecule has 0 unspecified atom stereocenters. The molecule has 8 N–H and O–H groups in total. The SMILES string of the molecule is Cc1c(C#N)c(NCCc2ccc(S(=O)(=O)O)cc2)nc(NCCO)c1/N=N/c1ccc(S(=O)(=O)c2ccc(/N=N/c3c(NCCO)nc(NCCc4ccc(S(=O)(=O)O)cc4)c(C#N)c3C)cc2)cc1. The second kappa shape index (κ2) is 23.2. The number of aliphatic hydroxyl groups excluding tert-OH is 2. The van der Waals surface area contributed by atoms with Crippen LogP contribution >= 0.6 is 0 Å². The Hall–Kier alpha value is -7.75. The van der Waals surface area contributed by atoms with Crippen molar-refractivity contribution in [1.82, 2.24) is 9.97 Å². The first kappa shape index (κ1) is 52.6. The van der Waals surface area contributed by atoms with Crippen LogP contribution in [0.2, 0.25) is 0 Å². The van der Waals surface area contributed by atoms with Gasteiger partial charge >= 0.3 is 0 Å². The van der Waals surface area contributed by atoms with Crippen LogP contribution in [0.4, 0.5) is 46.0 Å². The van der Waals surface area contributed by atoms with Gasteiger partial charge < -0.3 is 31.5 Å². The van der Waals surface area contributed by atoms with Crippen LogP contribution < -0.4 is 21.3 Å². The number of pyridine rings is 2. The van der Waals surface area contributed by atoms with Crippen molar-refractivity contribution in [2.45, 2.75) is 46.3 Å². The van der Waals surface area contributed by atoms with Crippen molar-refractivity contribution in [2.75, 3.05) is 60.7 Å². The normalized spacial score (nSPS) is 11.9. The van der Waals surface area contributed by atoms with E-state index in [1.54, 1.807) is 38.1 Å². The molecule has 0 spiro atoms. The fourth-order valence-corrected chi connectivity index (χ4v) is 9.02. The first-order valence-corrected chi connectivity index (χ1v) is 25.7. The topological polar surface area (TPSA) is 354 Å². The van der Waals surface area contributed by atoms with Gasteiger partial charge in [0.15, 0.2) is 11.6 Å². The number of sulfone groups is 1. The summed E-state index contributed by atoms with van der Waals surface area (Å²) in [4.78, 5) is 8.53. The van der Waals surface area contributed by atoms with E-state index in [4.69, 9.17) is 0 Å². The Labute approximate surface area is 409 Å². The fourth-order valence-electron chi connectivity index (χ4n) is 6.80. The summed E-state index contributed by atoms with van der Waals surface area (Å²) in [6.07, 6.45) is 0.837. The molecule has 22 nitrogen and oxygen atoms in total.